The number of rotatable bonds is 3. The molecule has 92 valence electrons. The monoisotopic (exact) mass is 246 g/mol. The minimum atomic E-state index is -0.553. The Morgan fingerprint density at radius 3 is 2.83 bits per heavy atom. The molecular formula is C11H10N4O3. The van der Waals surface area contributed by atoms with Gasteiger partial charge in [-0.2, -0.15) is 0 Å². The predicted molar refractivity (Wildman–Crippen MR) is 65.1 cm³/mol. The van der Waals surface area contributed by atoms with E-state index in [0.29, 0.717) is 11.4 Å². The quantitative estimate of drug-likeness (QED) is 0.636. The summed E-state index contributed by atoms with van der Waals surface area (Å²) in [6.07, 6.45) is 2.71. The zero-order valence-corrected chi connectivity index (χ0v) is 9.31. The summed E-state index contributed by atoms with van der Waals surface area (Å²) in [5, 5.41) is 10.6. The van der Waals surface area contributed by atoms with Crippen molar-refractivity contribution < 1.29 is 4.92 Å². The van der Waals surface area contributed by atoms with E-state index in [9.17, 15) is 14.9 Å². The van der Waals surface area contributed by atoms with Crippen molar-refractivity contribution in [2.45, 2.75) is 6.54 Å². The zero-order chi connectivity index (χ0) is 13.1. The number of hydrogen-bond donors (Lipinski definition) is 1. The molecule has 7 heteroatoms. The molecule has 0 saturated heterocycles. The molecule has 2 aromatic heterocycles. The maximum absolute atomic E-state index is 11.6. The minimum Gasteiger partial charge on any atom is -0.399 e. The van der Waals surface area contributed by atoms with E-state index in [4.69, 9.17) is 5.73 Å². The van der Waals surface area contributed by atoms with Crippen LogP contribution in [0, 0.1) is 10.1 Å². The molecular weight excluding hydrogens is 236 g/mol. The van der Waals surface area contributed by atoms with Gasteiger partial charge in [-0.3, -0.25) is 19.9 Å². The van der Waals surface area contributed by atoms with Crippen molar-refractivity contribution >= 4 is 11.4 Å². The highest BCUT2D eigenvalue weighted by molar-refractivity contribution is 5.37. The number of hydrogen-bond acceptors (Lipinski definition) is 5. The molecule has 2 aromatic rings. The highest BCUT2D eigenvalue weighted by atomic mass is 16.6. The zero-order valence-electron chi connectivity index (χ0n) is 9.31. The van der Waals surface area contributed by atoms with Gasteiger partial charge in [0.25, 0.3) is 11.2 Å². The van der Waals surface area contributed by atoms with Gasteiger partial charge in [0.05, 0.1) is 23.4 Å². The van der Waals surface area contributed by atoms with Gasteiger partial charge in [0, 0.05) is 24.0 Å². The van der Waals surface area contributed by atoms with E-state index < -0.39 is 4.92 Å². The first kappa shape index (κ1) is 11.8. The van der Waals surface area contributed by atoms with E-state index in [-0.39, 0.29) is 17.8 Å². The van der Waals surface area contributed by atoms with Crippen LogP contribution in [0.5, 0.6) is 0 Å². The average Bonchev–Trinajstić information content (AvgIpc) is 2.31. The number of aromatic nitrogens is 2. The fraction of sp³-hybridized carbons (Fsp3) is 0.0909. The normalized spacial score (nSPS) is 10.2. The van der Waals surface area contributed by atoms with Crippen LogP contribution >= 0.6 is 0 Å². The van der Waals surface area contributed by atoms with Crippen molar-refractivity contribution in [3.63, 3.8) is 0 Å². The number of nitrogen functional groups attached to an aromatic ring is 1. The smallest absolute Gasteiger partial charge is 0.285 e. The topological polar surface area (TPSA) is 104 Å². The second-order valence-electron chi connectivity index (χ2n) is 3.69. The SMILES string of the molecule is Nc1ccnc(Cn2cc([N+](=O)[O-])ccc2=O)c1. The van der Waals surface area contributed by atoms with Gasteiger partial charge in [0.1, 0.15) is 0 Å². The second-order valence-corrected chi connectivity index (χ2v) is 3.69. The molecule has 0 fully saturated rings. The fourth-order valence-corrected chi connectivity index (χ4v) is 1.51. The maximum Gasteiger partial charge on any atom is 0.285 e. The molecule has 0 aliphatic rings. The van der Waals surface area contributed by atoms with Crippen LogP contribution in [0.25, 0.3) is 0 Å². The third kappa shape index (κ3) is 2.51. The van der Waals surface area contributed by atoms with Gasteiger partial charge < -0.3 is 10.3 Å². The van der Waals surface area contributed by atoms with Crippen LogP contribution in [0.2, 0.25) is 0 Å². The number of nitro groups is 1. The first-order valence-electron chi connectivity index (χ1n) is 5.11. The number of nitrogens with two attached hydrogens (primary N) is 1. The summed E-state index contributed by atoms with van der Waals surface area (Å²) in [6, 6.07) is 5.57. The number of anilines is 1. The Hall–Kier alpha value is -2.70. The molecule has 2 N–H and O–H groups in total. The molecule has 0 atom stereocenters. The third-order valence-electron chi connectivity index (χ3n) is 2.35. The van der Waals surface area contributed by atoms with Gasteiger partial charge in [-0.15, -0.1) is 0 Å². The van der Waals surface area contributed by atoms with Crippen molar-refractivity contribution in [3.8, 4) is 0 Å². The standard InChI is InChI=1S/C11H10N4O3/c12-8-3-4-13-9(5-8)6-14-7-10(15(17)18)1-2-11(14)16/h1-5,7H,6H2,(H2,12,13). The Balaban J connectivity index is 2.37. The van der Waals surface area contributed by atoms with Crippen molar-refractivity contribution in [1.82, 2.24) is 9.55 Å². The molecule has 18 heavy (non-hydrogen) atoms. The maximum atomic E-state index is 11.6. The molecule has 0 aliphatic heterocycles. The van der Waals surface area contributed by atoms with Crippen LogP contribution in [0.4, 0.5) is 11.4 Å². The molecule has 2 heterocycles. The Bertz CT molecular complexity index is 651. The third-order valence-corrected chi connectivity index (χ3v) is 2.35. The highest BCUT2D eigenvalue weighted by Gasteiger charge is 2.08. The molecule has 7 nitrogen and oxygen atoms in total. The minimum absolute atomic E-state index is 0.140. The van der Waals surface area contributed by atoms with Crippen molar-refractivity contribution in [2.24, 2.45) is 0 Å². The van der Waals surface area contributed by atoms with Gasteiger partial charge in [-0.05, 0) is 12.1 Å². The molecule has 0 radical (unpaired) electrons. The van der Waals surface area contributed by atoms with Gasteiger partial charge in [-0.25, -0.2) is 0 Å². The summed E-state index contributed by atoms with van der Waals surface area (Å²) < 4.78 is 1.22. The van der Waals surface area contributed by atoms with E-state index in [1.165, 1.54) is 23.0 Å². The lowest BCUT2D eigenvalue weighted by atomic mass is 10.3. The van der Waals surface area contributed by atoms with Crippen LogP contribution in [-0.2, 0) is 6.54 Å². The summed E-state index contributed by atoms with van der Waals surface area (Å²) >= 11 is 0. The summed E-state index contributed by atoms with van der Waals surface area (Å²) in [5.74, 6) is 0. The molecule has 0 amide bonds. The molecule has 0 unspecified atom stereocenters. The van der Waals surface area contributed by atoms with Gasteiger partial charge in [0.2, 0.25) is 0 Å². The molecule has 2 rings (SSSR count). The molecule has 0 aromatic carbocycles. The van der Waals surface area contributed by atoms with E-state index in [1.807, 2.05) is 0 Å². The van der Waals surface area contributed by atoms with Crippen molar-refractivity contribution in [3.05, 3.63) is 62.8 Å². The van der Waals surface area contributed by atoms with Crippen molar-refractivity contribution in [2.75, 3.05) is 5.73 Å². The lowest BCUT2D eigenvalue weighted by Gasteiger charge is -2.05. The van der Waals surface area contributed by atoms with Crippen LogP contribution in [0.1, 0.15) is 5.69 Å². The fourth-order valence-electron chi connectivity index (χ4n) is 1.51. The number of nitrogens with zero attached hydrogens (tertiary/aromatic N) is 3. The molecule has 0 saturated carbocycles. The Kier molecular flexibility index (Phi) is 3.05. The van der Waals surface area contributed by atoms with Gasteiger partial charge >= 0.3 is 0 Å². The van der Waals surface area contributed by atoms with Gasteiger partial charge in [-0.1, -0.05) is 0 Å². The summed E-state index contributed by atoms with van der Waals surface area (Å²) in [7, 11) is 0. The molecule has 0 spiro atoms. The van der Waals surface area contributed by atoms with Crippen LogP contribution < -0.4 is 11.3 Å². The Labute approximate surface area is 102 Å². The van der Waals surface area contributed by atoms with E-state index in [0.717, 1.165) is 6.07 Å². The van der Waals surface area contributed by atoms with Crippen LogP contribution in [0.3, 0.4) is 0 Å². The van der Waals surface area contributed by atoms with Gasteiger partial charge in [0.15, 0.2) is 0 Å². The largest absolute Gasteiger partial charge is 0.399 e. The lowest BCUT2D eigenvalue weighted by molar-refractivity contribution is -0.385. The second kappa shape index (κ2) is 4.66. The molecule has 0 bridgehead atoms. The lowest BCUT2D eigenvalue weighted by Crippen LogP contribution is -2.20. The Morgan fingerprint density at radius 1 is 1.39 bits per heavy atom. The Morgan fingerprint density at radius 2 is 2.17 bits per heavy atom. The van der Waals surface area contributed by atoms with Crippen LogP contribution in [0.15, 0.2) is 41.5 Å². The highest BCUT2D eigenvalue weighted by Crippen LogP contribution is 2.09. The molecule has 0 aliphatic carbocycles. The first-order valence-corrected chi connectivity index (χ1v) is 5.11. The van der Waals surface area contributed by atoms with E-state index in [1.54, 1.807) is 12.1 Å². The average molecular weight is 246 g/mol. The number of pyridine rings is 2. The van der Waals surface area contributed by atoms with E-state index in [2.05, 4.69) is 4.98 Å². The predicted octanol–water partition coefficient (Wildman–Crippen LogP) is 0.782. The van der Waals surface area contributed by atoms with Crippen LogP contribution in [-0.4, -0.2) is 14.5 Å². The summed E-state index contributed by atoms with van der Waals surface area (Å²) in [4.78, 5) is 25.7. The van der Waals surface area contributed by atoms with Crippen molar-refractivity contribution in [1.29, 1.82) is 0 Å². The van der Waals surface area contributed by atoms with E-state index >= 15 is 0 Å². The summed E-state index contributed by atoms with van der Waals surface area (Å²) in [6.45, 7) is 0.144. The summed E-state index contributed by atoms with van der Waals surface area (Å²) in [5.41, 5.74) is 6.22. The first-order chi connectivity index (χ1) is 8.56.